The summed E-state index contributed by atoms with van der Waals surface area (Å²) in [5, 5.41) is 12.5. The number of amides is 1. The van der Waals surface area contributed by atoms with Crippen molar-refractivity contribution >= 4 is 11.9 Å². The summed E-state index contributed by atoms with van der Waals surface area (Å²) >= 11 is 0. The Morgan fingerprint density at radius 1 is 1.14 bits per heavy atom. The lowest BCUT2D eigenvalue weighted by molar-refractivity contribution is -0.138. The van der Waals surface area contributed by atoms with Gasteiger partial charge in [-0.25, -0.2) is 0 Å². The topological polar surface area (TPSA) is 67.2 Å². The molecule has 1 spiro atoms. The third kappa shape index (κ3) is 3.88. The van der Waals surface area contributed by atoms with E-state index in [2.05, 4.69) is 39.2 Å². The SMILES string of the molecule is CC(C)CCN1C[C@]2(CCCN(c3nnnn3-c3ccccc3)C2)CCC1=O. The van der Waals surface area contributed by atoms with Gasteiger partial charge in [0.15, 0.2) is 0 Å². The van der Waals surface area contributed by atoms with Crippen LogP contribution in [0, 0.1) is 11.3 Å². The Bertz CT molecular complexity index is 804. The van der Waals surface area contributed by atoms with Gasteiger partial charge in [-0.3, -0.25) is 4.79 Å². The molecular weight excluding hydrogens is 352 g/mol. The van der Waals surface area contributed by atoms with Gasteiger partial charge in [0, 0.05) is 38.0 Å². The zero-order chi connectivity index (χ0) is 19.6. The standard InChI is InChI=1S/C21H30N6O/c1-17(2)10-14-25-15-21(12-9-19(25)28)11-6-13-26(16-21)20-22-23-24-27(20)18-7-4-3-5-8-18/h3-5,7-8,17H,6,9-16H2,1-2H3/t21-/m0/s1. The molecule has 2 aliphatic rings. The van der Waals surface area contributed by atoms with Crippen molar-refractivity contribution < 1.29 is 4.79 Å². The molecule has 1 aromatic carbocycles. The first-order valence-electron chi connectivity index (χ1n) is 10.4. The summed E-state index contributed by atoms with van der Waals surface area (Å²) in [6.07, 6.45) is 4.97. The predicted octanol–water partition coefficient (Wildman–Crippen LogP) is 2.92. The number of aromatic nitrogens is 4. The molecule has 1 aromatic heterocycles. The second-order valence-electron chi connectivity index (χ2n) is 8.75. The Morgan fingerprint density at radius 2 is 1.96 bits per heavy atom. The molecule has 2 aliphatic heterocycles. The molecule has 1 amide bonds. The largest absolute Gasteiger partial charge is 0.342 e. The van der Waals surface area contributed by atoms with Crippen LogP contribution in [-0.2, 0) is 4.79 Å². The van der Waals surface area contributed by atoms with E-state index in [1.165, 1.54) is 6.42 Å². The van der Waals surface area contributed by atoms with Crippen LogP contribution in [0.5, 0.6) is 0 Å². The quantitative estimate of drug-likeness (QED) is 0.795. The normalized spacial score (nSPS) is 23.0. The van der Waals surface area contributed by atoms with E-state index in [1.54, 1.807) is 0 Å². The molecule has 3 heterocycles. The number of likely N-dealkylation sites (tertiary alicyclic amines) is 1. The first kappa shape index (κ1) is 18.9. The molecule has 2 aromatic rings. The predicted molar refractivity (Wildman–Crippen MR) is 108 cm³/mol. The Hall–Kier alpha value is -2.44. The lowest BCUT2D eigenvalue weighted by Crippen LogP contribution is -2.54. The Labute approximate surface area is 166 Å². The average molecular weight is 383 g/mol. The molecule has 7 heteroatoms. The second kappa shape index (κ2) is 7.89. The van der Waals surface area contributed by atoms with Gasteiger partial charge in [0.05, 0.1) is 5.69 Å². The number of nitrogens with zero attached hydrogens (tertiary/aromatic N) is 6. The molecule has 2 fully saturated rings. The van der Waals surface area contributed by atoms with Crippen LogP contribution in [0.3, 0.4) is 0 Å². The maximum Gasteiger partial charge on any atom is 0.250 e. The first-order chi connectivity index (χ1) is 13.6. The number of benzene rings is 1. The van der Waals surface area contributed by atoms with Crippen molar-refractivity contribution in [2.45, 2.75) is 46.0 Å². The third-order valence-electron chi connectivity index (χ3n) is 6.12. The summed E-state index contributed by atoms with van der Waals surface area (Å²) < 4.78 is 1.82. The molecule has 0 saturated carbocycles. The van der Waals surface area contributed by atoms with Crippen molar-refractivity contribution in [3.8, 4) is 5.69 Å². The third-order valence-corrected chi connectivity index (χ3v) is 6.12. The summed E-state index contributed by atoms with van der Waals surface area (Å²) in [7, 11) is 0. The van der Waals surface area contributed by atoms with Gasteiger partial charge in [-0.2, -0.15) is 4.68 Å². The Balaban J connectivity index is 1.52. The zero-order valence-electron chi connectivity index (χ0n) is 16.9. The van der Waals surface area contributed by atoms with E-state index < -0.39 is 0 Å². The zero-order valence-corrected chi connectivity index (χ0v) is 16.9. The number of carbonyl (C=O) groups is 1. The average Bonchev–Trinajstić information content (AvgIpc) is 3.20. The van der Waals surface area contributed by atoms with Gasteiger partial charge in [0.2, 0.25) is 11.9 Å². The highest BCUT2D eigenvalue weighted by molar-refractivity contribution is 5.77. The minimum absolute atomic E-state index is 0.149. The van der Waals surface area contributed by atoms with Crippen LogP contribution in [0.25, 0.3) is 5.69 Å². The van der Waals surface area contributed by atoms with Gasteiger partial charge in [-0.05, 0) is 54.2 Å². The van der Waals surface area contributed by atoms with Crippen molar-refractivity contribution in [1.29, 1.82) is 0 Å². The van der Waals surface area contributed by atoms with Gasteiger partial charge in [0.25, 0.3) is 0 Å². The van der Waals surface area contributed by atoms with E-state index in [0.29, 0.717) is 18.2 Å². The van der Waals surface area contributed by atoms with Crippen molar-refractivity contribution in [3.63, 3.8) is 0 Å². The maximum absolute atomic E-state index is 12.5. The minimum atomic E-state index is 0.149. The number of tetrazole rings is 1. The molecule has 0 N–H and O–H groups in total. The van der Waals surface area contributed by atoms with Crippen LogP contribution in [-0.4, -0.2) is 57.2 Å². The van der Waals surface area contributed by atoms with Crippen LogP contribution in [0.4, 0.5) is 5.95 Å². The number of rotatable bonds is 5. The molecule has 7 nitrogen and oxygen atoms in total. The van der Waals surface area contributed by atoms with Crippen molar-refractivity contribution in [2.75, 3.05) is 31.1 Å². The fourth-order valence-electron chi connectivity index (χ4n) is 4.55. The van der Waals surface area contributed by atoms with Crippen LogP contribution in [0.15, 0.2) is 30.3 Å². The molecule has 150 valence electrons. The first-order valence-corrected chi connectivity index (χ1v) is 10.4. The lowest BCUT2D eigenvalue weighted by atomic mass is 9.73. The van der Waals surface area contributed by atoms with E-state index in [4.69, 9.17) is 0 Å². The van der Waals surface area contributed by atoms with E-state index >= 15 is 0 Å². The van der Waals surface area contributed by atoms with Crippen molar-refractivity contribution in [1.82, 2.24) is 25.1 Å². The smallest absolute Gasteiger partial charge is 0.250 e. The summed E-state index contributed by atoms with van der Waals surface area (Å²) in [6.45, 7) is 8.04. The number of piperidine rings is 2. The molecule has 0 radical (unpaired) electrons. The van der Waals surface area contributed by atoms with Gasteiger partial charge in [-0.15, -0.1) is 0 Å². The van der Waals surface area contributed by atoms with Crippen LogP contribution in [0.2, 0.25) is 0 Å². The number of hydrogen-bond acceptors (Lipinski definition) is 5. The monoisotopic (exact) mass is 382 g/mol. The van der Waals surface area contributed by atoms with Gasteiger partial charge in [-0.1, -0.05) is 37.1 Å². The van der Waals surface area contributed by atoms with Crippen molar-refractivity contribution in [2.24, 2.45) is 11.3 Å². The van der Waals surface area contributed by atoms with E-state index in [9.17, 15) is 4.79 Å². The summed E-state index contributed by atoms with van der Waals surface area (Å²) in [4.78, 5) is 16.9. The highest BCUT2D eigenvalue weighted by Crippen LogP contribution is 2.40. The molecule has 0 unspecified atom stereocenters. The summed E-state index contributed by atoms with van der Waals surface area (Å²) in [6, 6.07) is 10.0. The van der Waals surface area contributed by atoms with Crippen molar-refractivity contribution in [3.05, 3.63) is 30.3 Å². The molecule has 0 aliphatic carbocycles. The van der Waals surface area contributed by atoms with Crippen LogP contribution < -0.4 is 4.90 Å². The molecule has 4 rings (SSSR count). The second-order valence-corrected chi connectivity index (χ2v) is 8.75. The number of carbonyl (C=O) groups excluding carboxylic acids is 1. The van der Waals surface area contributed by atoms with Gasteiger partial charge < -0.3 is 9.80 Å². The molecular formula is C21H30N6O. The van der Waals surface area contributed by atoms with Crippen LogP contribution >= 0.6 is 0 Å². The summed E-state index contributed by atoms with van der Waals surface area (Å²) in [5.41, 5.74) is 1.12. The number of anilines is 1. The van der Waals surface area contributed by atoms with Crippen LogP contribution in [0.1, 0.15) is 46.0 Å². The molecule has 1 atom stereocenters. The number of para-hydroxylation sites is 1. The Kier molecular flexibility index (Phi) is 5.33. The lowest BCUT2D eigenvalue weighted by Gasteiger charge is -2.48. The highest BCUT2D eigenvalue weighted by Gasteiger charge is 2.42. The Morgan fingerprint density at radius 3 is 2.75 bits per heavy atom. The molecule has 2 saturated heterocycles. The maximum atomic E-state index is 12.5. The van der Waals surface area contributed by atoms with E-state index in [1.807, 2.05) is 35.0 Å². The minimum Gasteiger partial charge on any atom is -0.342 e. The van der Waals surface area contributed by atoms with E-state index in [0.717, 1.165) is 57.1 Å². The molecule has 0 bridgehead atoms. The highest BCUT2D eigenvalue weighted by atomic mass is 16.2. The van der Waals surface area contributed by atoms with Gasteiger partial charge in [0.1, 0.15) is 0 Å². The number of hydrogen-bond donors (Lipinski definition) is 0. The summed E-state index contributed by atoms with van der Waals surface area (Å²) in [5.74, 6) is 1.73. The van der Waals surface area contributed by atoms with E-state index in [-0.39, 0.29) is 5.41 Å². The fraction of sp³-hybridized carbons (Fsp3) is 0.619. The molecule has 28 heavy (non-hydrogen) atoms. The fourth-order valence-corrected chi connectivity index (χ4v) is 4.55. The van der Waals surface area contributed by atoms with Gasteiger partial charge >= 0.3 is 0 Å².